The Morgan fingerprint density at radius 1 is 1.33 bits per heavy atom. The second kappa shape index (κ2) is 3.73. The van der Waals surface area contributed by atoms with Crippen LogP contribution in [0.3, 0.4) is 0 Å². The fourth-order valence-electron chi connectivity index (χ4n) is 0.672. The molecule has 0 fully saturated rings. The highest BCUT2D eigenvalue weighted by atomic mass is 127. The summed E-state index contributed by atoms with van der Waals surface area (Å²) in [7, 11) is 0. The molecular formula is C6H3I2NO3. The minimum Gasteiger partial charge on any atom is -0.502 e. The van der Waals surface area contributed by atoms with Crippen molar-refractivity contribution < 1.29 is 10.0 Å². The molecule has 1 rings (SSSR count). The molecule has 0 saturated heterocycles. The molecule has 1 aromatic carbocycles. The summed E-state index contributed by atoms with van der Waals surface area (Å²) in [6.45, 7) is 0. The summed E-state index contributed by atoms with van der Waals surface area (Å²) in [6.07, 6.45) is 0. The Morgan fingerprint density at radius 3 is 2.33 bits per heavy atom. The van der Waals surface area contributed by atoms with Crippen molar-refractivity contribution >= 4 is 50.9 Å². The number of nitrogens with zero attached hydrogens (tertiary/aromatic N) is 1. The fraction of sp³-hybridized carbons (Fsp3) is 0. The van der Waals surface area contributed by atoms with Crippen molar-refractivity contribution in [2.24, 2.45) is 0 Å². The summed E-state index contributed by atoms with van der Waals surface area (Å²) in [6, 6.07) is 2.72. The average Bonchev–Trinajstić information content (AvgIpc) is 1.96. The quantitative estimate of drug-likeness (QED) is 0.455. The van der Waals surface area contributed by atoms with Crippen molar-refractivity contribution in [2.75, 3.05) is 0 Å². The Hall–Kier alpha value is -0.120. The Bertz CT molecular complexity index is 340. The Morgan fingerprint density at radius 2 is 1.83 bits per heavy atom. The van der Waals surface area contributed by atoms with Gasteiger partial charge in [-0.25, -0.2) is 0 Å². The molecule has 4 nitrogen and oxygen atoms in total. The molecule has 0 bridgehead atoms. The van der Waals surface area contributed by atoms with Crippen LogP contribution in [0.25, 0.3) is 0 Å². The van der Waals surface area contributed by atoms with E-state index in [2.05, 4.69) is 0 Å². The summed E-state index contributed by atoms with van der Waals surface area (Å²) >= 11 is 3.98. The van der Waals surface area contributed by atoms with Gasteiger partial charge < -0.3 is 5.11 Å². The van der Waals surface area contributed by atoms with Crippen LogP contribution in [0.15, 0.2) is 12.1 Å². The zero-order chi connectivity index (χ0) is 9.30. The van der Waals surface area contributed by atoms with Gasteiger partial charge in [-0.05, 0) is 45.2 Å². The lowest BCUT2D eigenvalue weighted by molar-refractivity contribution is -0.386. The Labute approximate surface area is 95.4 Å². The molecule has 64 valence electrons. The normalized spacial score (nSPS) is 9.83. The predicted octanol–water partition coefficient (Wildman–Crippen LogP) is 2.51. The van der Waals surface area contributed by atoms with Crippen molar-refractivity contribution in [2.45, 2.75) is 0 Å². The van der Waals surface area contributed by atoms with Crippen LogP contribution in [0.1, 0.15) is 0 Å². The van der Waals surface area contributed by atoms with Gasteiger partial charge in [-0.2, -0.15) is 0 Å². The van der Waals surface area contributed by atoms with Crippen LogP contribution >= 0.6 is 45.2 Å². The molecule has 1 N–H and O–H groups in total. The molecule has 0 radical (unpaired) electrons. The summed E-state index contributed by atoms with van der Waals surface area (Å²) in [5.41, 5.74) is -0.250. The van der Waals surface area contributed by atoms with Crippen molar-refractivity contribution in [3.8, 4) is 5.75 Å². The Kier molecular flexibility index (Phi) is 3.09. The van der Waals surface area contributed by atoms with Crippen LogP contribution in [0.4, 0.5) is 5.69 Å². The van der Waals surface area contributed by atoms with Crippen LogP contribution in [0.2, 0.25) is 0 Å². The minimum absolute atomic E-state index is 0.250. The van der Waals surface area contributed by atoms with Gasteiger partial charge in [0.25, 0.3) is 0 Å². The fourth-order valence-corrected chi connectivity index (χ4v) is 1.57. The Balaban J connectivity index is 3.33. The molecule has 0 aliphatic rings. The van der Waals surface area contributed by atoms with E-state index in [1.165, 1.54) is 12.1 Å². The van der Waals surface area contributed by atoms with Gasteiger partial charge in [0.15, 0.2) is 5.75 Å². The molecule has 0 aromatic heterocycles. The molecule has 0 heterocycles. The molecule has 0 unspecified atom stereocenters. The van der Waals surface area contributed by atoms with Gasteiger partial charge in [0.1, 0.15) is 0 Å². The molecule has 0 aliphatic heterocycles. The first-order valence-electron chi connectivity index (χ1n) is 2.85. The van der Waals surface area contributed by atoms with E-state index in [-0.39, 0.29) is 11.4 Å². The van der Waals surface area contributed by atoms with Crippen molar-refractivity contribution in [1.82, 2.24) is 0 Å². The van der Waals surface area contributed by atoms with Crippen LogP contribution in [-0.4, -0.2) is 10.0 Å². The van der Waals surface area contributed by atoms with E-state index in [1.807, 2.05) is 45.2 Å². The van der Waals surface area contributed by atoms with E-state index in [1.54, 1.807) is 0 Å². The van der Waals surface area contributed by atoms with Crippen molar-refractivity contribution in [3.05, 3.63) is 29.4 Å². The molecule has 12 heavy (non-hydrogen) atoms. The van der Waals surface area contributed by atoms with Crippen molar-refractivity contribution in [1.29, 1.82) is 0 Å². The zero-order valence-electron chi connectivity index (χ0n) is 5.62. The molecule has 0 spiro atoms. The van der Waals surface area contributed by atoms with Gasteiger partial charge in [0.05, 0.1) is 4.92 Å². The number of benzene rings is 1. The number of halogens is 2. The lowest BCUT2D eigenvalue weighted by atomic mass is 10.3. The molecule has 0 atom stereocenters. The molecule has 0 aliphatic carbocycles. The SMILES string of the molecule is O=[N+]([O-])c1cc(I)c(I)cc1O. The topological polar surface area (TPSA) is 63.4 Å². The largest absolute Gasteiger partial charge is 0.502 e. The molecule has 1 aromatic rings. The summed E-state index contributed by atoms with van der Waals surface area (Å²) in [5, 5.41) is 19.5. The molecule has 6 heteroatoms. The summed E-state index contributed by atoms with van der Waals surface area (Å²) in [4.78, 5) is 9.72. The molecule has 0 saturated carbocycles. The number of phenols is 1. The van der Waals surface area contributed by atoms with Crippen LogP contribution in [0.5, 0.6) is 5.75 Å². The first kappa shape index (κ1) is 9.96. The maximum absolute atomic E-state index is 10.3. The second-order valence-corrected chi connectivity index (χ2v) is 4.34. The highest BCUT2D eigenvalue weighted by molar-refractivity contribution is 14.1. The lowest BCUT2D eigenvalue weighted by Crippen LogP contribution is -1.90. The maximum Gasteiger partial charge on any atom is 0.311 e. The predicted molar refractivity (Wildman–Crippen MR) is 60.2 cm³/mol. The zero-order valence-corrected chi connectivity index (χ0v) is 9.94. The second-order valence-electron chi connectivity index (χ2n) is 2.01. The first-order chi connectivity index (χ1) is 5.52. The van der Waals surface area contributed by atoms with Gasteiger partial charge in [-0.1, -0.05) is 0 Å². The number of rotatable bonds is 1. The number of phenolic OH excluding ortho intramolecular Hbond substituents is 1. The van der Waals surface area contributed by atoms with Gasteiger partial charge in [-0.3, -0.25) is 10.1 Å². The van der Waals surface area contributed by atoms with Gasteiger partial charge in [0.2, 0.25) is 0 Å². The highest BCUT2D eigenvalue weighted by Gasteiger charge is 2.14. The van der Waals surface area contributed by atoms with Crippen LogP contribution < -0.4 is 0 Å². The average molecular weight is 391 g/mol. The van der Waals surface area contributed by atoms with Crippen LogP contribution in [0, 0.1) is 17.3 Å². The van der Waals surface area contributed by atoms with E-state index < -0.39 is 4.92 Å². The number of hydrogen-bond acceptors (Lipinski definition) is 3. The number of nitro groups is 1. The number of nitro benzene ring substituents is 1. The third-order valence-electron chi connectivity index (χ3n) is 1.21. The van der Waals surface area contributed by atoms with E-state index in [0.29, 0.717) is 0 Å². The standard InChI is InChI=1S/C6H3I2NO3/c7-3-1-5(9(11)12)6(10)2-4(3)8/h1-2,10H. The van der Waals surface area contributed by atoms with E-state index >= 15 is 0 Å². The molecule has 0 amide bonds. The minimum atomic E-state index is -0.604. The highest BCUT2D eigenvalue weighted by Crippen LogP contribution is 2.30. The smallest absolute Gasteiger partial charge is 0.311 e. The molecular weight excluding hydrogens is 388 g/mol. The van der Waals surface area contributed by atoms with Gasteiger partial charge in [-0.15, -0.1) is 0 Å². The summed E-state index contributed by atoms with van der Waals surface area (Å²) in [5.74, 6) is -0.287. The number of hydrogen-bond donors (Lipinski definition) is 1. The van der Waals surface area contributed by atoms with Crippen LogP contribution in [-0.2, 0) is 0 Å². The maximum atomic E-state index is 10.3. The monoisotopic (exact) mass is 391 g/mol. The lowest BCUT2D eigenvalue weighted by Gasteiger charge is -1.98. The number of aromatic hydroxyl groups is 1. The van der Waals surface area contributed by atoms with Gasteiger partial charge >= 0.3 is 5.69 Å². The third-order valence-corrected chi connectivity index (χ3v) is 4.03. The van der Waals surface area contributed by atoms with Crippen molar-refractivity contribution in [3.63, 3.8) is 0 Å². The third kappa shape index (κ3) is 1.97. The van der Waals surface area contributed by atoms with Gasteiger partial charge in [0, 0.05) is 19.3 Å². The van der Waals surface area contributed by atoms with E-state index in [9.17, 15) is 10.1 Å². The first-order valence-corrected chi connectivity index (χ1v) is 5.00. The van der Waals surface area contributed by atoms with E-state index in [0.717, 1.165) is 7.14 Å². The summed E-state index contributed by atoms with van der Waals surface area (Å²) < 4.78 is 1.56. The van der Waals surface area contributed by atoms with E-state index in [4.69, 9.17) is 5.11 Å².